The number of nitrogens with two attached hydrogens (primary N) is 1. The molecular formula is C14H19FN2. The lowest BCUT2D eigenvalue weighted by Crippen LogP contribution is -2.28. The van der Waals surface area contributed by atoms with Crippen LogP contribution in [0.4, 0.5) is 10.1 Å². The van der Waals surface area contributed by atoms with Crippen molar-refractivity contribution in [3.63, 3.8) is 0 Å². The molecule has 1 fully saturated rings. The number of hydrogen-bond acceptors (Lipinski definition) is 2. The topological polar surface area (TPSA) is 29.3 Å². The predicted molar refractivity (Wildman–Crippen MR) is 69.6 cm³/mol. The van der Waals surface area contributed by atoms with Crippen LogP contribution >= 0.6 is 0 Å². The number of anilines is 1. The van der Waals surface area contributed by atoms with E-state index in [0.29, 0.717) is 18.3 Å². The van der Waals surface area contributed by atoms with E-state index in [2.05, 4.69) is 11.5 Å². The maximum atomic E-state index is 14.0. The summed E-state index contributed by atoms with van der Waals surface area (Å²) in [7, 11) is 0. The van der Waals surface area contributed by atoms with Gasteiger partial charge < -0.3 is 10.6 Å². The predicted octanol–water partition coefficient (Wildman–Crippen LogP) is 3.00. The minimum atomic E-state index is -0.187. The van der Waals surface area contributed by atoms with Crippen LogP contribution in [0.25, 0.3) is 0 Å². The largest absolute Gasteiger partial charge is 0.362 e. The Bertz CT molecular complexity index is 411. The van der Waals surface area contributed by atoms with Gasteiger partial charge in [0.15, 0.2) is 0 Å². The van der Waals surface area contributed by atoms with Gasteiger partial charge in [0.1, 0.15) is 5.82 Å². The molecule has 0 heterocycles. The van der Waals surface area contributed by atoms with E-state index in [1.807, 2.05) is 19.1 Å². The maximum Gasteiger partial charge on any atom is 0.146 e. The minimum Gasteiger partial charge on any atom is -0.362 e. The lowest BCUT2D eigenvalue weighted by Gasteiger charge is -2.27. The molecule has 0 unspecified atom stereocenters. The van der Waals surface area contributed by atoms with Gasteiger partial charge in [0.25, 0.3) is 0 Å². The molecule has 2 N–H and O–H groups in total. The zero-order chi connectivity index (χ0) is 12.4. The van der Waals surface area contributed by atoms with Crippen molar-refractivity contribution in [1.82, 2.24) is 0 Å². The summed E-state index contributed by atoms with van der Waals surface area (Å²) in [5.41, 5.74) is 7.45. The fraction of sp³-hybridized carbons (Fsp3) is 0.429. The standard InChI is InChI=1S/C14H19FN2/c1-3-9-17(11-7-8-11)14-12(10(2)16)5-4-6-13(14)15/h3-6,10-11H,1,7-9,16H2,2H3/t10-/m0/s1. The number of benzene rings is 1. The molecule has 1 atom stereocenters. The molecule has 92 valence electrons. The molecule has 1 aromatic carbocycles. The van der Waals surface area contributed by atoms with Crippen LogP contribution in [0.15, 0.2) is 30.9 Å². The molecule has 0 spiro atoms. The molecule has 1 aliphatic rings. The summed E-state index contributed by atoms with van der Waals surface area (Å²) in [6.45, 7) is 6.30. The normalized spacial score (nSPS) is 16.6. The van der Waals surface area contributed by atoms with Crippen molar-refractivity contribution in [1.29, 1.82) is 0 Å². The highest BCUT2D eigenvalue weighted by atomic mass is 19.1. The van der Waals surface area contributed by atoms with Crippen molar-refractivity contribution in [2.45, 2.75) is 31.8 Å². The van der Waals surface area contributed by atoms with Crippen LogP contribution in [0.2, 0.25) is 0 Å². The van der Waals surface area contributed by atoms with Gasteiger partial charge in [0.2, 0.25) is 0 Å². The van der Waals surface area contributed by atoms with Crippen LogP contribution in [-0.4, -0.2) is 12.6 Å². The van der Waals surface area contributed by atoms with E-state index < -0.39 is 0 Å². The van der Waals surface area contributed by atoms with Gasteiger partial charge in [-0.25, -0.2) is 4.39 Å². The molecule has 0 saturated heterocycles. The van der Waals surface area contributed by atoms with Crippen LogP contribution < -0.4 is 10.6 Å². The van der Waals surface area contributed by atoms with Gasteiger partial charge in [-0.05, 0) is 31.4 Å². The second-order valence-electron chi connectivity index (χ2n) is 4.64. The smallest absolute Gasteiger partial charge is 0.146 e. The van der Waals surface area contributed by atoms with Gasteiger partial charge in [-0.3, -0.25) is 0 Å². The van der Waals surface area contributed by atoms with Gasteiger partial charge >= 0.3 is 0 Å². The van der Waals surface area contributed by atoms with Gasteiger partial charge in [0, 0.05) is 18.6 Å². The molecule has 2 nitrogen and oxygen atoms in total. The first-order chi connectivity index (χ1) is 8.15. The quantitative estimate of drug-likeness (QED) is 0.793. The Kier molecular flexibility index (Phi) is 3.48. The first-order valence-corrected chi connectivity index (χ1v) is 6.06. The molecule has 17 heavy (non-hydrogen) atoms. The minimum absolute atomic E-state index is 0.160. The van der Waals surface area contributed by atoms with E-state index >= 15 is 0 Å². The molecule has 0 amide bonds. The van der Waals surface area contributed by atoms with Gasteiger partial charge in [0.05, 0.1) is 5.69 Å². The molecular weight excluding hydrogens is 215 g/mol. The zero-order valence-electron chi connectivity index (χ0n) is 10.2. The van der Waals surface area contributed by atoms with E-state index in [1.165, 1.54) is 6.07 Å². The van der Waals surface area contributed by atoms with Crippen molar-refractivity contribution < 1.29 is 4.39 Å². The molecule has 0 aromatic heterocycles. The third-order valence-electron chi connectivity index (χ3n) is 3.11. The zero-order valence-corrected chi connectivity index (χ0v) is 10.2. The Morgan fingerprint density at radius 1 is 1.59 bits per heavy atom. The molecule has 3 heteroatoms. The summed E-state index contributed by atoms with van der Waals surface area (Å²) in [5, 5.41) is 0. The highest BCUT2D eigenvalue weighted by molar-refractivity contribution is 5.58. The Hall–Kier alpha value is -1.35. The fourth-order valence-electron chi connectivity index (χ4n) is 2.15. The van der Waals surface area contributed by atoms with Crippen molar-refractivity contribution in [3.05, 3.63) is 42.2 Å². The summed E-state index contributed by atoms with van der Waals surface area (Å²) in [6, 6.07) is 5.41. The second kappa shape index (κ2) is 4.88. The monoisotopic (exact) mass is 234 g/mol. The third-order valence-corrected chi connectivity index (χ3v) is 3.11. The fourth-order valence-corrected chi connectivity index (χ4v) is 2.15. The maximum absolute atomic E-state index is 14.0. The highest BCUT2D eigenvalue weighted by Gasteiger charge is 2.31. The summed E-state index contributed by atoms with van der Waals surface area (Å²) < 4.78 is 14.0. The molecule has 1 aliphatic carbocycles. The average molecular weight is 234 g/mol. The lowest BCUT2D eigenvalue weighted by molar-refractivity contribution is 0.612. The molecule has 1 saturated carbocycles. The van der Waals surface area contributed by atoms with Gasteiger partial charge in [-0.2, -0.15) is 0 Å². The van der Waals surface area contributed by atoms with Crippen molar-refractivity contribution in [3.8, 4) is 0 Å². The molecule has 0 bridgehead atoms. The molecule has 0 radical (unpaired) electrons. The van der Waals surface area contributed by atoms with Crippen LogP contribution in [0, 0.1) is 5.82 Å². The summed E-state index contributed by atoms with van der Waals surface area (Å²) in [6.07, 6.45) is 4.07. The van der Waals surface area contributed by atoms with E-state index in [1.54, 1.807) is 6.07 Å². The first kappa shape index (κ1) is 12.1. The van der Waals surface area contributed by atoms with Crippen molar-refractivity contribution >= 4 is 5.69 Å². The lowest BCUT2D eigenvalue weighted by atomic mass is 10.0. The van der Waals surface area contributed by atoms with Gasteiger partial charge in [-0.1, -0.05) is 18.2 Å². The third kappa shape index (κ3) is 2.50. The van der Waals surface area contributed by atoms with E-state index in [4.69, 9.17) is 5.73 Å². The van der Waals surface area contributed by atoms with Gasteiger partial charge in [-0.15, -0.1) is 6.58 Å². The summed E-state index contributed by atoms with van der Waals surface area (Å²) in [5.74, 6) is -0.187. The number of para-hydroxylation sites is 1. The first-order valence-electron chi connectivity index (χ1n) is 6.06. The second-order valence-corrected chi connectivity index (χ2v) is 4.64. The molecule has 2 rings (SSSR count). The van der Waals surface area contributed by atoms with Crippen LogP contribution in [0.3, 0.4) is 0 Å². The van der Waals surface area contributed by atoms with E-state index in [-0.39, 0.29) is 11.9 Å². The Balaban J connectivity index is 2.42. The van der Waals surface area contributed by atoms with Crippen molar-refractivity contribution in [2.75, 3.05) is 11.4 Å². The van der Waals surface area contributed by atoms with E-state index in [0.717, 1.165) is 18.4 Å². The summed E-state index contributed by atoms with van der Waals surface area (Å²) in [4.78, 5) is 2.08. The number of halogens is 1. The van der Waals surface area contributed by atoms with Crippen LogP contribution in [0.1, 0.15) is 31.4 Å². The van der Waals surface area contributed by atoms with E-state index in [9.17, 15) is 4.39 Å². The highest BCUT2D eigenvalue weighted by Crippen LogP contribution is 2.36. The SMILES string of the molecule is C=CCN(c1c(F)cccc1[C@H](C)N)C1CC1. The molecule has 0 aliphatic heterocycles. The average Bonchev–Trinajstić information content (AvgIpc) is 3.10. The Morgan fingerprint density at radius 2 is 2.29 bits per heavy atom. The van der Waals surface area contributed by atoms with Crippen LogP contribution in [-0.2, 0) is 0 Å². The van der Waals surface area contributed by atoms with Crippen LogP contribution in [0.5, 0.6) is 0 Å². The molecule has 1 aromatic rings. The van der Waals surface area contributed by atoms with Crippen molar-refractivity contribution in [2.24, 2.45) is 5.73 Å². The number of hydrogen-bond donors (Lipinski definition) is 1. The summed E-state index contributed by atoms with van der Waals surface area (Å²) >= 11 is 0. The Morgan fingerprint density at radius 3 is 2.82 bits per heavy atom. The Labute approximate surface area is 102 Å². The number of rotatable bonds is 5. The number of nitrogens with zero attached hydrogens (tertiary/aromatic N) is 1.